The highest BCUT2D eigenvalue weighted by Crippen LogP contribution is 1.79. The van der Waals surface area contributed by atoms with Crippen LogP contribution in [0.25, 0.3) is 0 Å². The number of nitrogens with zero attached hydrogens (tertiary/aromatic N) is 1. The maximum absolute atomic E-state index is 10.2. The number of nitrogens with one attached hydrogen (secondary N) is 1. The summed E-state index contributed by atoms with van der Waals surface area (Å²) in [5.41, 5.74) is 0. The van der Waals surface area contributed by atoms with E-state index in [9.17, 15) is 18.0 Å². The molecule has 0 aromatic heterocycles. The molecule has 1 rings (SSSR count). The van der Waals surface area contributed by atoms with E-state index in [1.54, 1.807) is 0 Å². The summed E-state index contributed by atoms with van der Waals surface area (Å²) in [5, 5.41) is 9.53. The average Bonchev–Trinajstić information content (AvgIpc) is 2.30. The molecule has 3 amide bonds. The predicted molar refractivity (Wildman–Crippen MR) is 58.4 cm³/mol. The quantitative estimate of drug-likeness (QED) is 0.734. The van der Waals surface area contributed by atoms with E-state index < -0.39 is 29.0 Å². The van der Waals surface area contributed by atoms with Crippen molar-refractivity contribution in [2.45, 2.75) is 0 Å². The number of urea groups is 1. The van der Waals surface area contributed by atoms with Gasteiger partial charge in [-0.2, -0.15) is 8.42 Å². The van der Waals surface area contributed by atoms with Crippen molar-refractivity contribution in [1.82, 2.24) is 5.32 Å². The van der Waals surface area contributed by atoms with Crippen molar-refractivity contribution in [2.24, 2.45) is 4.36 Å². The maximum atomic E-state index is 10.2. The fraction of sp³-hybridized carbons (Fsp3) is 0.111. The van der Waals surface area contributed by atoms with Crippen LogP contribution in [0, 0.1) is 0 Å². The van der Waals surface area contributed by atoms with E-state index in [2.05, 4.69) is 4.36 Å². The fourth-order valence-corrected chi connectivity index (χ4v) is 0.815. The van der Waals surface area contributed by atoms with E-state index in [-0.39, 0.29) is 0 Å². The minimum atomic E-state index is -2.88. The Bertz CT molecular complexity index is 449. The van der Waals surface area contributed by atoms with Crippen LogP contribution in [0.4, 0.5) is 4.79 Å². The number of aliphatic hydroxyl groups is 1. The molecule has 0 atom stereocenters. The van der Waals surface area contributed by atoms with E-state index >= 15 is 0 Å². The topological polar surface area (TPSA) is 113 Å². The molecular weight excluding hydrogens is 248 g/mol. The van der Waals surface area contributed by atoms with Gasteiger partial charge < -0.3 is 5.11 Å². The summed E-state index contributed by atoms with van der Waals surface area (Å²) in [6.45, 7) is -0.896. The van der Waals surface area contributed by atoms with Crippen LogP contribution < -0.4 is 5.32 Å². The van der Waals surface area contributed by atoms with Crippen LogP contribution in [-0.2, 0) is 15.3 Å². The van der Waals surface area contributed by atoms with Crippen LogP contribution in [0.15, 0.2) is 40.8 Å². The van der Waals surface area contributed by atoms with Crippen molar-refractivity contribution in [2.75, 3.05) is 6.61 Å². The monoisotopic (exact) mass is 258 g/mol. The largest absolute Gasteiger partial charge is 0.387 e. The molecule has 2 N–H and O–H groups in total. The summed E-state index contributed by atoms with van der Waals surface area (Å²) in [6.07, 6.45) is 0. The first-order chi connectivity index (χ1) is 8.06. The molecule has 7 nitrogen and oxygen atoms in total. The Balaban J connectivity index is 0.000000354. The lowest BCUT2D eigenvalue weighted by Crippen LogP contribution is -2.30. The van der Waals surface area contributed by atoms with Gasteiger partial charge in [-0.25, -0.2) is 4.79 Å². The van der Waals surface area contributed by atoms with Gasteiger partial charge in [0.2, 0.25) is 0 Å². The van der Waals surface area contributed by atoms with Crippen molar-refractivity contribution in [1.29, 1.82) is 0 Å². The van der Waals surface area contributed by atoms with Gasteiger partial charge in [0.05, 0.1) is 0 Å². The number of hydrogen-bond acceptors (Lipinski definition) is 5. The van der Waals surface area contributed by atoms with E-state index in [0.717, 1.165) is 0 Å². The van der Waals surface area contributed by atoms with Gasteiger partial charge in [0, 0.05) is 0 Å². The number of rotatable bonds is 1. The van der Waals surface area contributed by atoms with Crippen molar-refractivity contribution in [3.05, 3.63) is 36.4 Å². The Morgan fingerprint density at radius 3 is 1.76 bits per heavy atom. The van der Waals surface area contributed by atoms with Gasteiger partial charge >= 0.3 is 16.5 Å². The molecule has 0 fully saturated rings. The third kappa shape index (κ3) is 10.2. The minimum Gasteiger partial charge on any atom is -0.387 e. The molecule has 0 aliphatic heterocycles. The molecule has 0 aliphatic rings. The molecule has 0 aliphatic carbocycles. The van der Waals surface area contributed by atoms with Crippen LogP contribution in [-0.4, -0.2) is 32.1 Å². The number of aliphatic hydroxyl groups excluding tert-OH is 1. The first-order valence-corrected chi connectivity index (χ1v) is 5.35. The number of hydrogen-bond donors (Lipinski definition) is 2. The van der Waals surface area contributed by atoms with Gasteiger partial charge in [0.1, 0.15) is 6.61 Å². The van der Waals surface area contributed by atoms with Crippen molar-refractivity contribution in [3.63, 3.8) is 0 Å². The van der Waals surface area contributed by atoms with Crippen molar-refractivity contribution in [3.8, 4) is 0 Å². The Morgan fingerprint density at radius 1 is 1.06 bits per heavy atom. The molecule has 0 bridgehead atoms. The number of imide groups is 1. The number of carbonyl (C=O) groups is 2. The second-order valence-electron chi connectivity index (χ2n) is 2.47. The average molecular weight is 258 g/mol. The SMILES string of the molecule is O=C(CO)NC(=O)N=S(=O)=O.c1ccccc1. The second kappa shape index (κ2) is 9.19. The third-order valence-corrected chi connectivity index (χ3v) is 1.53. The Hall–Kier alpha value is -2.06. The predicted octanol–water partition coefficient (Wildman–Crippen LogP) is -0.0358. The zero-order chi connectivity index (χ0) is 13.1. The van der Waals surface area contributed by atoms with E-state index in [1.807, 2.05) is 36.4 Å². The molecule has 0 saturated carbocycles. The molecule has 0 radical (unpaired) electrons. The standard InChI is InChI=1S/C6H6.C3H4N2O5S/c1-2-4-6-5-3-1;6-1-2(7)4-3(8)5-11(9)10/h1-6H;6H,1H2,(H,4,7,8). The molecule has 0 unspecified atom stereocenters. The summed E-state index contributed by atoms with van der Waals surface area (Å²) < 4.78 is 21.8. The van der Waals surface area contributed by atoms with Crippen LogP contribution in [0.3, 0.4) is 0 Å². The normalized spacial score (nSPS) is 8.29. The van der Waals surface area contributed by atoms with Crippen LogP contribution in [0.2, 0.25) is 0 Å². The maximum Gasteiger partial charge on any atom is 0.362 e. The second-order valence-corrected chi connectivity index (χ2v) is 3.09. The lowest BCUT2D eigenvalue weighted by molar-refractivity contribution is -0.122. The summed E-state index contributed by atoms with van der Waals surface area (Å²) >= 11 is 0. The first-order valence-electron chi connectivity index (χ1n) is 4.32. The molecular formula is C9H10N2O5S. The fourth-order valence-electron chi connectivity index (χ4n) is 0.634. The summed E-state index contributed by atoms with van der Waals surface area (Å²) in [7, 11) is -2.88. The first kappa shape index (κ1) is 14.9. The Labute approximate surface area is 98.8 Å². The molecule has 0 saturated heterocycles. The third-order valence-electron chi connectivity index (χ3n) is 1.21. The zero-order valence-corrected chi connectivity index (χ0v) is 9.42. The minimum absolute atomic E-state index is 0.896. The Morgan fingerprint density at radius 2 is 1.47 bits per heavy atom. The molecule has 0 heterocycles. The summed E-state index contributed by atoms with van der Waals surface area (Å²) in [6, 6.07) is 10.7. The van der Waals surface area contributed by atoms with Gasteiger partial charge in [-0.3, -0.25) is 10.1 Å². The van der Waals surface area contributed by atoms with Crippen molar-refractivity contribution >= 4 is 22.4 Å². The van der Waals surface area contributed by atoms with E-state index in [1.165, 1.54) is 5.32 Å². The molecule has 1 aromatic rings. The Kier molecular flexibility index (Phi) is 8.07. The van der Waals surface area contributed by atoms with Crippen LogP contribution in [0.1, 0.15) is 0 Å². The summed E-state index contributed by atoms with van der Waals surface area (Å²) in [5.74, 6) is -1.01. The molecule has 92 valence electrons. The van der Waals surface area contributed by atoms with Gasteiger partial charge in [-0.05, 0) is 0 Å². The van der Waals surface area contributed by atoms with E-state index in [4.69, 9.17) is 5.11 Å². The number of amides is 3. The highest BCUT2D eigenvalue weighted by Gasteiger charge is 2.03. The summed E-state index contributed by atoms with van der Waals surface area (Å²) in [4.78, 5) is 20.4. The van der Waals surface area contributed by atoms with Gasteiger partial charge in [0.25, 0.3) is 5.91 Å². The van der Waals surface area contributed by atoms with Gasteiger partial charge in [-0.1, -0.05) is 40.8 Å². The molecule has 17 heavy (non-hydrogen) atoms. The smallest absolute Gasteiger partial charge is 0.362 e. The lowest BCUT2D eigenvalue weighted by atomic mass is 10.4. The molecule has 0 spiro atoms. The van der Waals surface area contributed by atoms with Gasteiger partial charge in [-0.15, -0.1) is 0 Å². The zero-order valence-electron chi connectivity index (χ0n) is 8.61. The lowest BCUT2D eigenvalue weighted by Gasteiger charge is -1.91. The number of benzene rings is 1. The molecule has 8 heteroatoms. The van der Waals surface area contributed by atoms with Crippen LogP contribution >= 0.6 is 0 Å². The van der Waals surface area contributed by atoms with E-state index in [0.29, 0.717) is 0 Å². The highest BCUT2D eigenvalue weighted by molar-refractivity contribution is 7.62. The number of carbonyl (C=O) groups excluding carboxylic acids is 2. The van der Waals surface area contributed by atoms with Crippen molar-refractivity contribution < 1.29 is 23.1 Å². The van der Waals surface area contributed by atoms with Gasteiger partial charge in [0.15, 0.2) is 0 Å². The highest BCUT2D eigenvalue weighted by atomic mass is 32.2. The molecule has 1 aromatic carbocycles. The van der Waals surface area contributed by atoms with Crippen LogP contribution in [0.5, 0.6) is 0 Å².